The van der Waals surface area contributed by atoms with Crippen LogP contribution >= 0.6 is 0 Å². The first-order valence-electron chi connectivity index (χ1n) is 8.27. The van der Waals surface area contributed by atoms with Crippen molar-refractivity contribution in [2.45, 2.75) is 4.90 Å². The van der Waals surface area contributed by atoms with Crippen LogP contribution in [0.5, 0.6) is 0 Å². The van der Waals surface area contributed by atoms with E-state index in [4.69, 9.17) is 0 Å². The average molecular weight is 376 g/mol. The Bertz CT molecular complexity index is 1160. The number of fused-ring (bicyclic) bond motifs is 1. The Hall–Kier alpha value is -3.32. The molecule has 0 saturated carbocycles. The van der Waals surface area contributed by atoms with Crippen LogP contribution in [0.15, 0.2) is 71.8 Å². The molecule has 0 aliphatic rings. The fourth-order valence-electron chi connectivity index (χ4n) is 2.88. The first-order valence-corrected chi connectivity index (χ1v) is 9.83. The van der Waals surface area contributed by atoms with Gasteiger partial charge in [-0.05, 0) is 30.3 Å². The summed E-state index contributed by atoms with van der Waals surface area (Å²) >= 11 is 0. The van der Waals surface area contributed by atoms with E-state index in [0.29, 0.717) is 27.6 Å². The zero-order valence-electron chi connectivity index (χ0n) is 14.5. The van der Waals surface area contributed by atoms with Gasteiger partial charge in [0.2, 0.25) is 0 Å². The zero-order valence-corrected chi connectivity index (χ0v) is 15.3. The van der Waals surface area contributed by atoms with Gasteiger partial charge in [-0.3, -0.25) is 9.00 Å². The van der Waals surface area contributed by atoms with Gasteiger partial charge in [-0.2, -0.15) is 0 Å². The van der Waals surface area contributed by atoms with E-state index in [1.807, 2.05) is 30.3 Å². The Morgan fingerprint density at radius 3 is 2.63 bits per heavy atom. The minimum Gasteiger partial charge on any atom is -0.338 e. The molecule has 4 aromatic rings. The van der Waals surface area contributed by atoms with Gasteiger partial charge in [0.05, 0.1) is 21.9 Å². The molecule has 1 atom stereocenters. The molecule has 134 valence electrons. The molecule has 0 saturated heterocycles. The molecule has 4 rings (SSSR count). The topological polar surface area (TPSA) is 87.7 Å². The second kappa shape index (κ2) is 7.13. The number of hydrogen-bond donors (Lipinski definition) is 2. The van der Waals surface area contributed by atoms with Crippen LogP contribution < -0.4 is 5.32 Å². The van der Waals surface area contributed by atoms with Gasteiger partial charge < -0.3 is 10.3 Å². The number of para-hydroxylation sites is 1. The molecule has 2 N–H and O–H groups in total. The quantitative estimate of drug-likeness (QED) is 0.569. The molecule has 6 nitrogen and oxygen atoms in total. The van der Waals surface area contributed by atoms with Gasteiger partial charge in [0, 0.05) is 22.9 Å². The Labute approximate surface area is 158 Å². The number of amides is 1. The molecule has 2 heterocycles. The lowest BCUT2D eigenvalue weighted by Gasteiger charge is -2.04. The summed E-state index contributed by atoms with van der Waals surface area (Å²) in [5, 5.41) is 2.78. The van der Waals surface area contributed by atoms with E-state index in [1.54, 1.807) is 42.8 Å². The summed E-state index contributed by atoms with van der Waals surface area (Å²) in [7, 11) is -1.15. The van der Waals surface area contributed by atoms with Crippen molar-refractivity contribution >= 4 is 33.6 Å². The Kier molecular flexibility index (Phi) is 4.52. The SMILES string of the molecule is CS(=O)c1ccccc1-c1nc2c(C(=O)Nc3ccccn3)cccc2[nH]1. The Morgan fingerprint density at radius 1 is 1.04 bits per heavy atom. The van der Waals surface area contributed by atoms with Gasteiger partial charge in [-0.25, -0.2) is 9.97 Å². The molecule has 0 bridgehead atoms. The zero-order chi connectivity index (χ0) is 18.8. The molecule has 0 aliphatic heterocycles. The van der Waals surface area contributed by atoms with Crippen LogP contribution in [0.25, 0.3) is 22.4 Å². The monoisotopic (exact) mass is 376 g/mol. The van der Waals surface area contributed by atoms with Crippen LogP contribution in [0.1, 0.15) is 10.4 Å². The van der Waals surface area contributed by atoms with Crippen molar-refractivity contribution in [1.82, 2.24) is 15.0 Å². The molecule has 2 aromatic heterocycles. The van der Waals surface area contributed by atoms with E-state index in [-0.39, 0.29) is 5.91 Å². The number of carbonyl (C=O) groups is 1. The minimum atomic E-state index is -1.15. The highest BCUT2D eigenvalue weighted by molar-refractivity contribution is 7.84. The van der Waals surface area contributed by atoms with Crippen molar-refractivity contribution in [2.75, 3.05) is 11.6 Å². The van der Waals surface area contributed by atoms with Crippen LogP contribution in [-0.2, 0) is 10.8 Å². The molecular weight excluding hydrogens is 360 g/mol. The third kappa shape index (κ3) is 3.37. The number of nitrogens with zero attached hydrogens (tertiary/aromatic N) is 2. The summed E-state index contributed by atoms with van der Waals surface area (Å²) in [5.41, 5.74) is 2.48. The number of imidazole rings is 1. The van der Waals surface area contributed by atoms with Crippen molar-refractivity contribution in [2.24, 2.45) is 0 Å². The maximum atomic E-state index is 12.7. The van der Waals surface area contributed by atoms with E-state index in [9.17, 15) is 9.00 Å². The minimum absolute atomic E-state index is 0.287. The maximum absolute atomic E-state index is 12.7. The number of H-pyrrole nitrogens is 1. The van der Waals surface area contributed by atoms with Gasteiger partial charge in [-0.1, -0.05) is 30.3 Å². The molecule has 27 heavy (non-hydrogen) atoms. The van der Waals surface area contributed by atoms with E-state index >= 15 is 0 Å². The predicted molar refractivity (Wildman–Crippen MR) is 106 cm³/mol. The highest BCUT2D eigenvalue weighted by atomic mass is 32.2. The number of nitrogens with one attached hydrogen (secondary N) is 2. The van der Waals surface area contributed by atoms with Crippen molar-refractivity contribution in [3.8, 4) is 11.4 Å². The van der Waals surface area contributed by atoms with E-state index < -0.39 is 10.8 Å². The molecule has 0 aliphatic carbocycles. The van der Waals surface area contributed by atoms with Crippen molar-refractivity contribution in [3.63, 3.8) is 0 Å². The summed E-state index contributed by atoms with van der Waals surface area (Å²) in [5.74, 6) is 0.764. The number of carbonyl (C=O) groups excluding carboxylic acids is 1. The third-order valence-electron chi connectivity index (χ3n) is 4.12. The van der Waals surface area contributed by atoms with Gasteiger partial charge in [0.15, 0.2) is 0 Å². The fraction of sp³-hybridized carbons (Fsp3) is 0.0500. The molecule has 1 unspecified atom stereocenters. The lowest BCUT2D eigenvalue weighted by Crippen LogP contribution is -2.13. The summed E-state index contributed by atoms with van der Waals surface area (Å²) in [6, 6.07) is 18.1. The normalized spacial score (nSPS) is 12.0. The first kappa shape index (κ1) is 17.1. The molecule has 2 aromatic carbocycles. The number of aromatic amines is 1. The van der Waals surface area contributed by atoms with Crippen molar-refractivity contribution in [1.29, 1.82) is 0 Å². The van der Waals surface area contributed by atoms with E-state index in [2.05, 4.69) is 20.3 Å². The van der Waals surface area contributed by atoms with Crippen molar-refractivity contribution in [3.05, 3.63) is 72.4 Å². The number of aromatic nitrogens is 3. The highest BCUT2D eigenvalue weighted by Crippen LogP contribution is 2.27. The summed E-state index contributed by atoms with van der Waals surface area (Å²) in [6.07, 6.45) is 3.25. The highest BCUT2D eigenvalue weighted by Gasteiger charge is 2.17. The van der Waals surface area contributed by atoms with Gasteiger partial charge >= 0.3 is 0 Å². The summed E-state index contributed by atoms with van der Waals surface area (Å²) in [6.45, 7) is 0. The number of pyridine rings is 1. The predicted octanol–water partition coefficient (Wildman–Crippen LogP) is 3.61. The van der Waals surface area contributed by atoms with Gasteiger partial charge in [0.1, 0.15) is 17.2 Å². The Balaban J connectivity index is 1.77. The average Bonchev–Trinajstić information content (AvgIpc) is 3.13. The van der Waals surface area contributed by atoms with Crippen LogP contribution in [-0.4, -0.2) is 31.3 Å². The number of rotatable bonds is 4. The fourth-order valence-corrected chi connectivity index (χ4v) is 3.62. The number of hydrogen-bond acceptors (Lipinski definition) is 4. The second-order valence-corrected chi connectivity index (χ2v) is 7.25. The van der Waals surface area contributed by atoms with Crippen LogP contribution in [0.3, 0.4) is 0 Å². The summed E-state index contributed by atoms with van der Waals surface area (Å²) < 4.78 is 12.0. The smallest absolute Gasteiger partial charge is 0.259 e. The molecular formula is C20H16N4O2S. The molecule has 0 radical (unpaired) electrons. The van der Waals surface area contributed by atoms with Crippen LogP contribution in [0.4, 0.5) is 5.82 Å². The van der Waals surface area contributed by atoms with Crippen molar-refractivity contribution < 1.29 is 9.00 Å². The number of anilines is 1. The van der Waals surface area contributed by atoms with Crippen LogP contribution in [0.2, 0.25) is 0 Å². The first-order chi connectivity index (χ1) is 13.1. The lowest BCUT2D eigenvalue weighted by atomic mass is 10.1. The lowest BCUT2D eigenvalue weighted by molar-refractivity contribution is 0.102. The van der Waals surface area contributed by atoms with Gasteiger partial charge in [0.25, 0.3) is 5.91 Å². The standard InChI is InChI=1S/C20H16N4O2S/c1-27(26)16-10-3-2-7-13(16)19-22-15-9-6-8-14(18(15)24-19)20(25)23-17-11-4-5-12-21-17/h2-12H,1H3,(H,22,24)(H,21,23,25). The largest absolute Gasteiger partial charge is 0.338 e. The molecule has 7 heteroatoms. The Morgan fingerprint density at radius 2 is 1.85 bits per heavy atom. The second-order valence-electron chi connectivity index (χ2n) is 5.91. The maximum Gasteiger partial charge on any atom is 0.259 e. The van der Waals surface area contributed by atoms with Gasteiger partial charge in [-0.15, -0.1) is 0 Å². The third-order valence-corrected chi connectivity index (χ3v) is 5.09. The van der Waals surface area contributed by atoms with E-state index in [1.165, 1.54) is 0 Å². The molecule has 0 spiro atoms. The molecule has 0 fully saturated rings. The summed E-state index contributed by atoms with van der Waals surface area (Å²) in [4.78, 5) is 25.3. The number of benzene rings is 2. The van der Waals surface area contributed by atoms with E-state index in [0.717, 1.165) is 11.1 Å². The van der Waals surface area contributed by atoms with Crippen LogP contribution in [0, 0.1) is 0 Å². The molecule has 1 amide bonds.